The molecule has 0 bridgehead atoms. The minimum atomic E-state index is -0.476. The smallest absolute Gasteiger partial charge is 0.129 e. The third-order valence-electron chi connectivity index (χ3n) is 2.65. The van der Waals surface area contributed by atoms with Gasteiger partial charge in [0.1, 0.15) is 17.9 Å². The maximum atomic E-state index is 13.2. The summed E-state index contributed by atoms with van der Waals surface area (Å²) < 4.78 is 15.0. The normalized spacial score (nSPS) is 10.9. The predicted octanol–water partition coefficient (Wildman–Crippen LogP) is 2.25. The number of phenolic OH excluding ortho intramolecular Hbond substituents is 1. The molecule has 0 atom stereocenters. The predicted molar refractivity (Wildman–Crippen MR) is 59.0 cm³/mol. The molecule has 1 heterocycles. The highest BCUT2D eigenvalue weighted by molar-refractivity contribution is 5.91. The molecule has 84 valence electrons. The van der Waals surface area contributed by atoms with Gasteiger partial charge >= 0.3 is 0 Å². The van der Waals surface area contributed by atoms with E-state index in [2.05, 4.69) is 0 Å². The Kier molecular flexibility index (Phi) is 2.64. The molecule has 16 heavy (non-hydrogen) atoms. The summed E-state index contributed by atoms with van der Waals surface area (Å²) in [6.07, 6.45) is 2.78. The van der Waals surface area contributed by atoms with Gasteiger partial charge in [0.2, 0.25) is 0 Å². The van der Waals surface area contributed by atoms with Crippen LogP contribution in [0.2, 0.25) is 0 Å². The van der Waals surface area contributed by atoms with Gasteiger partial charge in [-0.05, 0) is 18.6 Å². The maximum Gasteiger partial charge on any atom is 0.129 e. The number of carbonyl (C=O) groups is 1. The van der Waals surface area contributed by atoms with Gasteiger partial charge in [0.25, 0.3) is 0 Å². The molecular weight excluding hydrogens is 209 g/mol. The van der Waals surface area contributed by atoms with E-state index < -0.39 is 5.82 Å². The molecule has 0 unspecified atom stereocenters. The summed E-state index contributed by atoms with van der Waals surface area (Å²) in [5, 5.41) is 10.3. The summed E-state index contributed by atoms with van der Waals surface area (Å²) in [4.78, 5) is 10.5. The first-order valence-electron chi connectivity index (χ1n) is 5.11. The largest absolute Gasteiger partial charge is 0.507 e. The van der Waals surface area contributed by atoms with Crippen LogP contribution in [0.4, 0.5) is 4.39 Å². The van der Waals surface area contributed by atoms with E-state index in [4.69, 9.17) is 0 Å². The van der Waals surface area contributed by atoms with Gasteiger partial charge in [-0.15, -0.1) is 0 Å². The summed E-state index contributed by atoms with van der Waals surface area (Å²) in [6.45, 7) is 2.59. The highest BCUT2D eigenvalue weighted by atomic mass is 19.1. The number of hydrogen-bond acceptors (Lipinski definition) is 2. The number of halogens is 1. The second-order valence-corrected chi connectivity index (χ2v) is 3.63. The molecule has 3 nitrogen and oxygen atoms in total. The van der Waals surface area contributed by atoms with Gasteiger partial charge in [0, 0.05) is 30.6 Å². The SMILES string of the molecule is CCn1cc(CC=O)c2c(O)cc(F)cc21. The quantitative estimate of drug-likeness (QED) is 0.808. The number of carbonyl (C=O) groups excluding carboxylic acids is 1. The first-order valence-corrected chi connectivity index (χ1v) is 5.11. The average Bonchev–Trinajstić information content (AvgIpc) is 2.57. The zero-order valence-electron chi connectivity index (χ0n) is 8.90. The van der Waals surface area contributed by atoms with E-state index in [9.17, 15) is 14.3 Å². The van der Waals surface area contributed by atoms with Crippen LogP contribution in [-0.4, -0.2) is 16.0 Å². The van der Waals surface area contributed by atoms with Crippen molar-refractivity contribution in [2.24, 2.45) is 0 Å². The van der Waals surface area contributed by atoms with Gasteiger partial charge < -0.3 is 14.5 Å². The van der Waals surface area contributed by atoms with Gasteiger partial charge in [0.15, 0.2) is 0 Å². The van der Waals surface area contributed by atoms with Crippen molar-refractivity contribution in [3.63, 3.8) is 0 Å². The Balaban J connectivity index is 2.79. The summed E-state index contributed by atoms with van der Waals surface area (Å²) in [5.74, 6) is -0.588. The monoisotopic (exact) mass is 221 g/mol. The molecule has 1 aromatic carbocycles. The highest BCUT2D eigenvalue weighted by Crippen LogP contribution is 2.31. The fourth-order valence-electron chi connectivity index (χ4n) is 1.96. The topological polar surface area (TPSA) is 42.2 Å². The standard InChI is InChI=1S/C12H12FNO2/c1-2-14-7-8(3-4-15)12-10(14)5-9(13)6-11(12)16/h4-7,16H,2-3H2,1H3. The fourth-order valence-corrected chi connectivity index (χ4v) is 1.96. The molecule has 0 saturated heterocycles. The Morgan fingerprint density at radius 2 is 2.25 bits per heavy atom. The first kappa shape index (κ1) is 10.7. The van der Waals surface area contributed by atoms with Crippen LogP contribution in [0.3, 0.4) is 0 Å². The zero-order valence-corrected chi connectivity index (χ0v) is 8.90. The summed E-state index contributed by atoms with van der Waals surface area (Å²) in [6, 6.07) is 2.43. The van der Waals surface area contributed by atoms with Crippen molar-refractivity contribution >= 4 is 17.2 Å². The highest BCUT2D eigenvalue weighted by Gasteiger charge is 2.12. The molecule has 0 radical (unpaired) electrons. The average molecular weight is 221 g/mol. The van der Waals surface area contributed by atoms with Crippen molar-refractivity contribution in [3.8, 4) is 5.75 Å². The lowest BCUT2D eigenvalue weighted by Crippen LogP contribution is -1.91. The summed E-state index contributed by atoms with van der Waals surface area (Å²) >= 11 is 0. The van der Waals surface area contributed by atoms with Gasteiger partial charge in [-0.1, -0.05) is 0 Å². The zero-order chi connectivity index (χ0) is 11.7. The van der Waals surface area contributed by atoms with Crippen molar-refractivity contribution in [3.05, 3.63) is 29.7 Å². The molecule has 0 fully saturated rings. The van der Waals surface area contributed by atoms with Crippen LogP contribution in [0.25, 0.3) is 10.9 Å². The molecular formula is C12H12FNO2. The number of rotatable bonds is 3. The minimum absolute atomic E-state index is 0.112. The Bertz CT molecular complexity index is 545. The second kappa shape index (κ2) is 3.96. The number of aldehydes is 1. The lowest BCUT2D eigenvalue weighted by molar-refractivity contribution is -0.107. The number of nitrogens with zero attached hydrogens (tertiary/aromatic N) is 1. The molecule has 0 aliphatic carbocycles. The Morgan fingerprint density at radius 3 is 2.88 bits per heavy atom. The Morgan fingerprint density at radius 1 is 1.50 bits per heavy atom. The van der Waals surface area contributed by atoms with Gasteiger partial charge in [-0.3, -0.25) is 0 Å². The molecule has 1 N–H and O–H groups in total. The van der Waals surface area contributed by atoms with Crippen molar-refractivity contribution in [1.29, 1.82) is 0 Å². The fraction of sp³-hybridized carbons (Fsp3) is 0.250. The first-order chi connectivity index (χ1) is 7.67. The van der Waals surface area contributed by atoms with E-state index in [1.54, 1.807) is 6.20 Å². The van der Waals surface area contributed by atoms with Gasteiger partial charge in [0.05, 0.1) is 5.52 Å². The number of benzene rings is 1. The van der Waals surface area contributed by atoms with E-state index in [1.165, 1.54) is 6.07 Å². The lowest BCUT2D eigenvalue weighted by Gasteiger charge is -2.01. The number of phenols is 1. The number of hydrogen-bond donors (Lipinski definition) is 1. The molecule has 0 amide bonds. The molecule has 0 spiro atoms. The molecule has 2 rings (SSSR count). The summed E-state index contributed by atoms with van der Waals surface area (Å²) in [7, 11) is 0. The number of fused-ring (bicyclic) bond motifs is 1. The van der Waals surface area contributed by atoms with Crippen molar-refractivity contribution in [1.82, 2.24) is 4.57 Å². The van der Waals surface area contributed by atoms with E-state index in [1.807, 2.05) is 11.5 Å². The number of aryl methyl sites for hydroxylation is 1. The van der Waals surface area contributed by atoms with E-state index in [0.29, 0.717) is 17.4 Å². The number of aromatic hydroxyl groups is 1. The molecule has 1 aromatic heterocycles. The Labute approximate surface area is 92.1 Å². The molecule has 0 saturated carbocycles. The summed E-state index contributed by atoms with van der Waals surface area (Å²) in [5.41, 5.74) is 1.35. The van der Waals surface area contributed by atoms with E-state index >= 15 is 0 Å². The van der Waals surface area contributed by atoms with E-state index in [-0.39, 0.29) is 12.2 Å². The van der Waals surface area contributed by atoms with Gasteiger partial charge in [-0.25, -0.2) is 4.39 Å². The molecule has 0 aliphatic rings. The number of aromatic nitrogens is 1. The maximum absolute atomic E-state index is 13.2. The minimum Gasteiger partial charge on any atom is -0.507 e. The molecule has 4 heteroatoms. The van der Waals surface area contributed by atoms with Crippen LogP contribution in [0.5, 0.6) is 5.75 Å². The second-order valence-electron chi connectivity index (χ2n) is 3.63. The van der Waals surface area contributed by atoms with Crippen molar-refractivity contribution in [2.45, 2.75) is 19.9 Å². The van der Waals surface area contributed by atoms with Crippen LogP contribution in [0.1, 0.15) is 12.5 Å². The third kappa shape index (κ3) is 1.56. The van der Waals surface area contributed by atoms with Crippen molar-refractivity contribution < 1.29 is 14.3 Å². The Hall–Kier alpha value is -1.84. The van der Waals surface area contributed by atoms with Crippen LogP contribution < -0.4 is 0 Å². The van der Waals surface area contributed by atoms with Crippen LogP contribution in [0.15, 0.2) is 18.3 Å². The molecule has 2 aromatic rings. The molecule has 0 aliphatic heterocycles. The van der Waals surface area contributed by atoms with Crippen LogP contribution in [-0.2, 0) is 17.8 Å². The third-order valence-corrected chi connectivity index (χ3v) is 2.65. The van der Waals surface area contributed by atoms with Gasteiger partial charge in [-0.2, -0.15) is 0 Å². The lowest BCUT2D eigenvalue weighted by atomic mass is 10.1. The van der Waals surface area contributed by atoms with E-state index in [0.717, 1.165) is 17.9 Å². The van der Waals surface area contributed by atoms with Crippen molar-refractivity contribution in [2.75, 3.05) is 0 Å². The van der Waals surface area contributed by atoms with Crippen LogP contribution >= 0.6 is 0 Å². The van der Waals surface area contributed by atoms with Crippen LogP contribution in [0, 0.1) is 5.82 Å².